The molecule has 0 bridgehead atoms. The molecule has 2 aromatic carbocycles. The summed E-state index contributed by atoms with van der Waals surface area (Å²) in [5.41, 5.74) is 1.96. The van der Waals surface area contributed by atoms with Gasteiger partial charge in [0, 0.05) is 16.5 Å². The van der Waals surface area contributed by atoms with Crippen molar-refractivity contribution in [3.05, 3.63) is 65.4 Å². The molecule has 5 nitrogen and oxygen atoms in total. The van der Waals surface area contributed by atoms with Crippen LogP contribution in [0.15, 0.2) is 48.5 Å². The maximum Gasteiger partial charge on any atom is 0.180 e. The van der Waals surface area contributed by atoms with Crippen molar-refractivity contribution in [2.45, 2.75) is 45.4 Å². The Labute approximate surface area is 188 Å². The summed E-state index contributed by atoms with van der Waals surface area (Å²) in [4.78, 5) is 30.9. The number of Topliss-reactive ketones (excluding diaryl/α,β-unsaturated/α-hetero) is 2. The number of aromatic nitrogens is 1. The van der Waals surface area contributed by atoms with Gasteiger partial charge in [-0.15, -0.1) is 0 Å². The molecule has 1 aliphatic rings. The Bertz CT molecular complexity index is 1150. The molecule has 0 radical (unpaired) electrons. The van der Waals surface area contributed by atoms with Gasteiger partial charge in [0.1, 0.15) is 22.9 Å². The van der Waals surface area contributed by atoms with Gasteiger partial charge in [-0.3, -0.25) is 9.59 Å². The van der Waals surface area contributed by atoms with Crippen molar-refractivity contribution >= 4 is 22.5 Å². The maximum absolute atomic E-state index is 13.1. The number of hydrogen-bond acceptors (Lipinski definition) is 5. The van der Waals surface area contributed by atoms with E-state index < -0.39 is 5.92 Å². The Hall–Kier alpha value is -3.21. The van der Waals surface area contributed by atoms with E-state index in [2.05, 4.69) is 13.8 Å². The van der Waals surface area contributed by atoms with Crippen LogP contribution in [0.1, 0.15) is 71.9 Å². The van der Waals surface area contributed by atoms with Crippen LogP contribution in [-0.4, -0.2) is 30.3 Å². The predicted octanol–water partition coefficient (Wildman–Crippen LogP) is 6.00. The number of fused-ring (bicyclic) bond motifs is 2. The summed E-state index contributed by atoms with van der Waals surface area (Å²) in [6, 6.07) is 14.5. The van der Waals surface area contributed by atoms with Crippen molar-refractivity contribution in [1.29, 1.82) is 0 Å². The molecule has 1 heterocycles. The number of para-hydroxylation sites is 1. The zero-order valence-corrected chi connectivity index (χ0v) is 18.9. The van der Waals surface area contributed by atoms with Crippen LogP contribution >= 0.6 is 0 Å². The van der Waals surface area contributed by atoms with Crippen LogP contribution in [0.25, 0.3) is 10.9 Å². The number of rotatable bonds is 9. The monoisotopic (exact) mass is 431 g/mol. The highest BCUT2D eigenvalue weighted by atomic mass is 16.5. The first-order valence-electron chi connectivity index (χ1n) is 11.4. The van der Waals surface area contributed by atoms with Crippen LogP contribution in [0, 0.1) is 5.92 Å². The Morgan fingerprint density at radius 2 is 1.81 bits per heavy atom. The van der Waals surface area contributed by atoms with E-state index in [4.69, 9.17) is 14.5 Å². The van der Waals surface area contributed by atoms with Gasteiger partial charge in [-0.2, -0.15) is 0 Å². The Kier molecular flexibility index (Phi) is 6.54. The van der Waals surface area contributed by atoms with E-state index in [1.54, 1.807) is 24.3 Å². The van der Waals surface area contributed by atoms with Gasteiger partial charge in [0.05, 0.1) is 19.4 Å². The van der Waals surface area contributed by atoms with Gasteiger partial charge in [-0.25, -0.2) is 4.98 Å². The molecule has 3 aromatic rings. The van der Waals surface area contributed by atoms with Crippen LogP contribution in [0.3, 0.4) is 0 Å². The number of methoxy groups -OCH3 is 1. The van der Waals surface area contributed by atoms with Crippen molar-refractivity contribution in [1.82, 2.24) is 4.98 Å². The summed E-state index contributed by atoms with van der Waals surface area (Å²) >= 11 is 0. The molecule has 32 heavy (non-hydrogen) atoms. The fraction of sp³-hybridized carbons (Fsp3) is 0.370. The summed E-state index contributed by atoms with van der Waals surface area (Å²) in [5, 5.41) is 0.921. The van der Waals surface area contributed by atoms with E-state index in [0.29, 0.717) is 46.4 Å². The smallest absolute Gasteiger partial charge is 0.180 e. The molecule has 0 aliphatic heterocycles. The molecule has 4 rings (SSSR count). The molecule has 0 saturated carbocycles. The molecule has 0 N–H and O–H groups in total. The molecule has 0 spiro atoms. The minimum Gasteiger partial charge on any atom is -0.497 e. The number of ketones is 2. The molecule has 2 atom stereocenters. The van der Waals surface area contributed by atoms with Gasteiger partial charge in [-0.1, -0.05) is 51.3 Å². The summed E-state index contributed by atoms with van der Waals surface area (Å²) in [6.07, 6.45) is 4.57. The molecule has 1 aromatic heterocycles. The van der Waals surface area contributed by atoms with Crippen molar-refractivity contribution in [3.63, 3.8) is 0 Å². The Morgan fingerprint density at radius 1 is 1.00 bits per heavy atom. The maximum atomic E-state index is 13.1. The second-order valence-electron chi connectivity index (χ2n) is 8.36. The second-order valence-corrected chi connectivity index (χ2v) is 8.36. The molecule has 0 fully saturated rings. The van der Waals surface area contributed by atoms with Crippen LogP contribution in [0.2, 0.25) is 0 Å². The van der Waals surface area contributed by atoms with E-state index in [1.807, 2.05) is 24.3 Å². The fourth-order valence-electron chi connectivity index (χ4n) is 4.29. The number of carbonyl (C=O) groups is 2. The number of carbonyl (C=O) groups excluding carboxylic acids is 2. The SMILES string of the molecule is CCCCC(CC)COc1cccc2ccc(C3C(=O)c4ccc(OC)cc4C3=O)nc12. The normalized spacial score (nSPS) is 16.3. The topological polar surface area (TPSA) is 65.5 Å². The highest BCUT2D eigenvalue weighted by molar-refractivity contribution is 6.29. The molecule has 5 heteroatoms. The molecule has 1 aliphatic carbocycles. The average Bonchev–Trinajstić information content (AvgIpc) is 3.08. The lowest BCUT2D eigenvalue weighted by atomic mass is 9.98. The number of nitrogens with zero attached hydrogens (tertiary/aromatic N) is 1. The van der Waals surface area contributed by atoms with E-state index in [1.165, 1.54) is 20.0 Å². The van der Waals surface area contributed by atoms with E-state index in [0.717, 1.165) is 18.2 Å². The minimum absolute atomic E-state index is 0.219. The summed E-state index contributed by atoms with van der Waals surface area (Å²) < 4.78 is 11.4. The van der Waals surface area contributed by atoms with Crippen molar-refractivity contribution in [2.24, 2.45) is 5.92 Å². The van der Waals surface area contributed by atoms with Crippen LogP contribution in [-0.2, 0) is 0 Å². The zero-order chi connectivity index (χ0) is 22.7. The molecule has 166 valence electrons. The van der Waals surface area contributed by atoms with Crippen molar-refractivity contribution < 1.29 is 19.1 Å². The van der Waals surface area contributed by atoms with Gasteiger partial charge in [0.25, 0.3) is 0 Å². The number of benzene rings is 2. The number of unbranched alkanes of at least 4 members (excludes halogenated alkanes) is 1. The van der Waals surface area contributed by atoms with E-state index in [9.17, 15) is 9.59 Å². The average molecular weight is 432 g/mol. The van der Waals surface area contributed by atoms with Crippen LogP contribution in [0.5, 0.6) is 11.5 Å². The minimum atomic E-state index is -0.928. The lowest BCUT2D eigenvalue weighted by Crippen LogP contribution is -2.15. The van der Waals surface area contributed by atoms with Gasteiger partial charge >= 0.3 is 0 Å². The number of hydrogen-bond donors (Lipinski definition) is 0. The Morgan fingerprint density at radius 3 is 2.56 bits per heavy atom. The number of pyridine rings is 1. The van der Waals surface area contributed by atoms with Crippen molar-refractivity contribution in [3.8, 4) is 11.5 Å². The fourth-order valence-corrected chi connectivity index (χ4v) is 4.29. The van der Waals surface area contributed by atoms with Crippen LogP contribution in [0.4, 0.5) is 0 Å². The third-order valence-electron chi connectivity index (χ3n) is 6.30. The lowest BCUT2D eigenvalue weighted by molar-refractivity contribution is 0.0888. The molecular weight excluding hydrogens is 402 g/mol. The highest BCUT2D eigenvalue weighted by Gasteiger charge is 2.40. The number of ether oxygens (including phenoxy) is 2. The molecular formula is C27H29NO4. The quantitative estimate of drug-likeness (QED) is 0.389. The predicted molar refractivity (Wildman–Crippen MR) is 125 cm³/mol. The first kappa shape index (κ1) is 22.0. The third-order valence-corrected chi connectivity index (χ3v) is 6.30. The zero-order valence-electron chi connectivity index (χ0n) is 18.9. The first-order valence-corrected chi connectivity index (χ1v) is 11.4. The molecule has 0 saturated heterocycles. The third kappa shape index (κ3) is 4.12. The van der Waals surface area contributed by atoms with E-state index in [-0.39, 0.29) is 11.6 Å². The summed E-state index contributed by atoms with van der Waals surface area (Å²) in [6.45, 7) is 5.02. The van der Waals surface area contributed by atoms with Gasteiger partial charge in [0.2, 0.25) is 0 Å². The van der Waals surface area contributed by atoms with Gasteiger partial charge < -0.3 is 9.47 Å². The molecule has 0 amide bonds. The van der Waals surface area contributed by atoms with E-state index >= 15 is 0 Å². The van der Waals surface area contributed by atoms with Gasteiger partial charge in [-0.05, 0) is 42.7 Å². The standard InChI is InChI=1S/C27H29NO4/c1-4-6-8-17(5-2)16-32-23-10-7-9-18-11-14-22(28-25(18)23)24-26(29)20-13-12-19(31-3)15-21(20)27(24)30/h7,9-15,17,24H,4-6,8,16H2,1-3H3. The first-order chi connectivity index (χ1) is 15.6. The molecule has 2 unspecified atom stereocenters. The highest BCUT2D eigenvalue weighted by Crippen LogP contribution is 2.36. The van der Waals surface area contributed by atoms with Crippen molar-refractivity contribution in [2.75, 3.05) is 13.7 Å². The van der Waals surface area contributed by atoms with Gasteiger partial charge in [0.15, 0.2) is 11.6 Å². The summed E-state index contributed by atoms with van der Waals surface area (Å²) in [5.74, 6) is 0.360. The van der Waals surface area contributed by atoms with Crippen LogP contribution < -0.4 is 9.47 Å². The largest absolute Gasteiger partial charge is 0.497 e. The second kappa shape index (κ2) is 9.51. The Balaban J connectivity index is 1.64. The lowest BCUT2D eigenvalue weighted by Gasteiger charge is -2.17. The summed E-state index contributed by atoms with van der Waals surface area (Å²) in [7, 11) is 1.54.